The Labute approximate surface area is 134 Å². The lowest BCUT2D eigenvalue weighted by atomic mass is 9.97. The number of rotatable bonds is 5. The summed E-state index contributed by atoms with van der Waals surface area (Å²) in [5.74, 6) is 2.70. The Morgan fingerprint density at radius 1 is 1.23 bits per heavy atom. The summed E-state index contributed by atoms with van der Waals surface area (Å²) in [6, 6.07) is 8.29. The van der Waals surface area contributed by atoms with E-state index in [1.807, 2.05) is 23.9 Å². The minimum atomic E-state index is 0.00293. The molecule has 3 rings (SSSR count). The van der Waals surface area contributed by atoms with Crippen molar-refractivity contribution in [2.24, 2.45) is 0 Å². The SMILES string of the molecule is CCSCc1ccc(Nc2nc3c(c(=O)[nH]2)CCCC3)cc1. The van der Waals surface area contributed by atoms with E-state index in [4.69, 9.17) is 0 Å². The van der Waals surface area contributed by atoms with E-state index >= 15 is 0 Å². The largest absolute Gasteiger partial charge is 0.326 e. The standard InChI is InChI=1S/C17H21N3OS/c1-2-22-11-12-7-9-13(10-8-12)18-17-19-15-6-4-3-5-14(15)16(21)20-17/h7-10H,2-6,11H2,1H3,(H2,18,19,20,21). The van der Waals surface area contributed by atoms with E-state index in [1.165, 1.54) is 5.56 Å². The predicted molar refractivity (Wildman–Crippen MR) is 93.1 cm³/mol. The average Bonchev–Trinajstić information content (AvgIpc) is 2.54. The van der Waals surface area contributed by atoms with Gasteiger partial charge in [-0.3, -0.25) is 9.78 Å². The molecule has 1 aromatic carbocycles. The molecule has 0 fully saturated rings. The van der Waals surface area contributed by atoms with Crippen LogP contribution in [0.3, 0.4) is 0 Å². The average molecular weight is 315 g/mol. The molecule has 116 valence electrons. The van der Waals surface area contributed by atoms with Crippen LogP contribution in [0.4, 0.5) is 11.6 Å². The Kier molecular flexibility index (Phi) is 4.83. The third-order valence-corrected chi connectivity index (χ3v) is 4.83. The maximum absolute atomic E-state index is 12.1. The van der Waals surface area contributed by atoms with Gasteiger partial charge in [0.1, 0.15) is 0 Å². The summed E-state index contributed by atoms with van der Waals surface area (Å²) in [6.45, 7) is 2.17. The van der Waals surface area contributed by atoms with Gasteiger partial charge in [0.2, 0.25) is 5.95 Å². The Bertz CT molecular complexity index is 694. The molecule has 0 atom stereocenters. The zero-order valence-electron chi connectivity index (χ0n) is 12.8. The molecule has 22 heavy (non-hydrogen) atoms. The fraction of sp³-hybridized carbons (Fsp3) is 0.412. The number of aromatic nitrogens is 2. The van der Waals surface area contributed by atoms with E-state index in [0.717, 1.165) is 54.1 Å². The molecule has 1 aromatic heterocycles. The molecule has 4 nitrogen and oxygen atoms in total. The molecule has 0 aliphatic heterocycles. The number of fused-ring (bicyclic) bond motifs is 1. The second-order valence-corrected chi connectivity index (χ2v) is 6.78. The second-order valence-electron chi connectivity index (χ2n) is 5.51. The second kappa shape index (κ2) is 7.01. The van der Waals surface area contributed by atoms with Gasteiger partial charge in [0, 0.05) is 17.0 Å². The van der Waals surface area contributed by atoms with Crippen LogP contribution in [0.5, 0.6) is 0 Å². The van der Waals surface area contributed by atoms with Gasteiger partial charge in [0.25, 0.3) is 5.56 Å². The van der Waals surface area contributed by atoms with Crippen molar-refractivity contribution >= 4 is 23.4 Å². The highest BCUT2D eigenvalue weighted by molar-refractivity contribution is 7.98. The maximum atomic E-state index is 12.1. The molecule has 0 bridgehead atoms. The molecule has 1 aliphatic carbocycles. The first-order valence-electron chi connectivity index (χ1n) is 7.82. The zero-order chi connectivity index (χ0) is 15.4. The van der Waals surface area contributed by atoms with Crippen molar-refractivity contribution in [3.63, 3.8) is 0 Å². The van der Waals surface area contributed by atoms with Crippen LogP contribution >= 0.6 is 11.8 Å². The monoisotopic (exact) mass is 315 g/mol. The highest BCUT2D eigenvalue weighted by Gasteiger charge is 2.15. The van der Waals surface area contributed by atoms with Crippen LogP contribution in [0.25, 0.3) is 0 Å². The number of aromatic amines is 1. The van der Waals surface area contributed by atoms with Crippen LogP contribution in [-0.2, 0) is 18.6 Å². The van der Waals surface area contributed by atoms with Gasteiger partial charge >= 0.3 is 0 Å². The molecule has 2 aromatic rings. The number of thioether (sulfide) groups is 1. The number of anilines is 2. The topological polar surface area (TPSA) is 57.8 Å². The van der Waals surface area contributed by atoms with Gasteiger partial charge in [-0.15, -0.1) is 0 Å². The molecule has 2 N–H and O–H groups in total. The van der Waals surface area contributed by atoms with Gasteiger partial charge in [-0.1, -0.05) is 19.1 Å². The van der Waals surface area contributed by atoms with E-state index in [2.05, 4.69) is 34.3 Å². The van der Waals surface area contributed by atoms with Gasteiger partial charge in [-0.05, 0) is 49.1 Å². The smallest absolute Gasteiger partial charge is 0.255 e. The highest BCUT2D eigenvalue weighted by atomic mass is 32.2. The summed E-state index contributed by atoms with van der Waals surface area (Å²) < 4.78 is 0. The van der Waals surface area contributed by atoms with Crippen LogP contribution in [0.2, 0.25) is 0 Å². The predicted octanol–water partition coefficient (Wildman–Crippen LogP) is 3.65. The van der Waals surface area contributed by atoms with Crippen LogP contribution in [0.15, 0.2) is 29.1 Å². The van der Waals surface area contributed by atoms with Crippen LogP contribution in [0, 0.1) is 0 Å². The third-order valence-electron chi connectivity index (χ3n) is 3.88. The molecule has 5 heteroatoms. The maximum Gasteiger partial charge on any atom is 0.255 e. The first-order chi connectivity index (χ1) is 10.8. The number of nitrogens with one attached hydrogen (secondary N) is 2. The van der Waals surface area contributed by atoms with E-state index in [9.17, 15) is 4.79 Å². The molecule has 0 saturated carbocycles. The van der Waals surface area contributed by atoms with E-state index in [0.29, 0.717) is 5.95 Å². The normalized spacial score (nSPS) is 13.7. The number of hydrogen-bond acceptors (Lipinski definition) is 4. The number of benzene rings is 1. The van der Waals surface area contributed by atoms with Crippen molar-refractivity contribution in [3.05, 3.63) is 51.4 Å². The fourth-order valence-corrected chi connectivity index (χ4v) is 3.34. The molecule has 1 heterocycles. The van der Waals surface area contributed by atoms with Crippen LogP contribution < -0.4 is 10.9 Å². The first kappa shape index (κ1) is 15.2. The molecular weight excluding hydrogens is 294 g/mol. The number of hydrogen-bond donors (Lipinski definition) is 2. The molecule has 0 spiro atoms. The van der Waals surface area contributed by atoms with Gasteiger partial charge in [-0.25, -0.2) is 4.98 Å². The van der Waals surface area contributed by atoms with Crippen LogP contribution in [-0.4, -0.2) is 15.7 Å². The van der Waals surface area contributed by atoms with E-state index in [-0.39, 0.29) is 5.56 Å². The minimum Gasteiger partial charge on any atom is -0.326 e. The summed E-state index contributed by atoms with van der Waals surface area (Å²) in [7, 11) is 0. The van der Waals surface area contributed by atoms with Crippen LogP contribution in [0.1, 0.15) is 36.6 Å². The van der Waals surface area contributed by atoms with Gasteiger partial charge < -0.3 is 5.32 Å². The van der Waals surface area contributed by atoms with Crippen molar-refractivity contribution in [1.82, 2.24) is 9.97 Å². The Morgan fingerprint density at radius 3 is 2.77 bits per heavy atom. The summed E-state index contributed by atoms with van der Waals surface area (Å²) >= 11 is 1.91. The highest BCUT2D eigenvalue weighted by Crippen LogP contribution is 2.20. The summed E-state index contributed by atoms with van der Waals surface area (Å²) in [4.78, 5) is 19.5. The Balaban J connectivity index is 1.75. The third kappa shape index (κ3) is 3.53. The van der Waals surface area contributed by atoms with Crippen molar-refractivity contribution in [3.8, 4) is 0 Å². The molecule has 0 amide bonds. The van der Waals surface area contributed by atoms with Crippen molar-refractivity contribution in [1.29, 1.82) is 0 Å². The van der Waals surface area contributed by atoms with Crippen molar-refractivity contribution < 1.29 is 0 Å². The van der Waals surface area contributed by atoms with Crippen molar-refractivity contribution in [2.45, 2.75) is 38.4 Å². The summed E-state index contributed by atoms with van der Waals surface area (Å²) in [5, 5.41) is 3.20. The lowest BCUT2D eigenvalue weighted by Crippen LogP contribution is -2.22. The Morgan fingerprint density at radius 2 is 2.00 bits per heavy atom. The van der Waals surface area contributed by atoms with Gasteiger partial charge in [0.05, 0.1) is 5.69 Å². The molecule has 0 unspecified atom stereocenters. The number of nitrogens with zero attached hydrogens (tertiary/aromatic N) is 1. The quantitative estimate of drug-likeness (QED) is 0.884. The first-order valence-corrected chi connectivity index (χ1v) is 8.97. The summed E-state index contributed by atoms with van der Waals surface area (Å²) in [5.41, 5.74) is 4.08. The lowest BCUT2D eigenvalue weighted by Gasteiger charge is -2.15. The van der Waals surface area contributed by atoms with Gasteiger partial charge in [-0.2, -0.15) is 11.8 Å². The molecule has 0 saturated heterocycles. The van der Waals surface area contributed by atoms with E-state index in [1.54, 1.807) is 0 Å². The minimum absolute atomic E-state index is 0.00293. The molecular formula is C17H21N3OS. The van der Waals surface area contributed by atoms with Crippen molar-refractivity contribution in [2.75, 3.05) is 11.1 Å². The lowest BCUT2D eigenvalue weighted by molar-refractivity contribution is 0.658. The zero-order valence-corrected chi connectivity index (χ0v) is 13.6. The van der Waals surface area contributed by atoms with E-state index < -0.39 is 0 Å². The number of aryl methyl sites for hydroxylation is 1. The Hall–Kier alpha value is -1.75. The molecule has 0 radical (unpaired) electrons. The molecule has 1 aliphatic rings. The summed E-state index contributed by atoms with van der Waals surface area (Å²) in [6.07, 6.45) is 3.96. The van der Waals surface area contributed by atoms with Gasteiger partial charge in [0.15, 0.2) is 0 Å². The number of H-pyrrole nitrogens is 1. The fourth-order valence-electron chi connectivity index (χ4n) is 2.70.